The lowest BCUT2D eigenvalue weighted by molar-refractivity contribution is -0.384. The fourth-order valence-corrected chi connectivity index (χ4v) is 2.74. The van der Waals surface area contributed by atoms with E-state index in [-0.39, 0.29) is 16.4 Å². The van der Waals surface area contributed by atoms with Gasteiger partial charge in [-0.3, -0.25) is 19.6 Å². The van der Waals surface area contributed by atoms with Crippen molar-refractivity contribution in [1.29, 1.82) is 0 Å². The van der Waals surface area contributed by atoms with Crippen molar-refractivity contribution in [3.63, 3.8) is 0 Å². The van der Waals surface area contributed by atoms with E-state index in [1.807, 2.05) is 0 Å². The summed E-state index contributed by atoms with van der Waals surface area (Å²) in [6, 6.07) is 3.31. The molecule has 1 aromatic carbocycles. The highest BCUT2D eigenvalue weighted by atomic mass is 79.9. The monoisotopic (exact) mass is 426 g/mol. The summed E-state index contributed by atoms with van der Waals surface area (Å²) in [5, 5.41) is 16.2. The molecule has 1 heterocycles. The van der Waals surface area contributed by atoms with Gasteiger partial charge in [0.15, 0.2) is 5.69 Å². The average Bonchev–Trinajstić information content (AvgIpc) is 2.76. The summed E-state index contributed by atoms with van der Waals surface area (Å²) in [7, 11) is 1.16. The largest absolute Gasteiger partial charge is 0.436 e. The number of nitrogens with zero attached hydrogens (tertiary/aromatic N) is 3. The minimum Gasteiger partial charge on any atom is -0.319 e. The minimum atomic E-state index is -4.75. The molecule has 2 aromatic rings. The molecule has 128 valence electrons. The second-order valence-electron chi connectivity index (χ2n) is 4.51. The molecule has 0 atom stereocenters. The summed E-state index contributed by atoms with van der Waals surface area (Å²) in [5.41, 5.74) is -2.13. The van der Waals surface area contributed by atoms with E-state index in [0.717, 1.165) is 23.9 Å². The van der Waals surface area contributed by atoms with Crippen LogP contribution in [0.2, 0.25) is 5.02 Å². The molecule has 24 heavy (non-hydrogen) atoms. The Morgan fingerprint density at radius 1 is 1.46 bits per heavy atom. The second-order valence-corrected chi connectivity index (χ2v) is 5.71. The third-order valence-electron chi connectivity index (χ3n) is 2.88. The number of nitro benzene ring substituents is 1. The number of alkyl halides is 3. The molecule has 0 unspecified atom stereocenters. The van der Waals surface area contributed by atoms with Gasteiger partial charge in [-0.25, -0.2) is 0 Å². The molecule has 0 aliphatic rings. The van der Waals surface area contributed by atoms with E-state index in [1.54, 1.807) is 0 Å². The van der Waals surface area contributed by atoms with Crippen molar-refractivity contribution < 1.29 is 22.9 Å². The van der Waals surface area contributed by atoms with E-state index >= 15 is 0 Å². The molecule has 1 N–H and O–H groups in total. The van der Waals surface area contributed by atoms with Crippen LogP contribution in [0.15, 0.2) is 22.7 Å². The van der Waals surface area contributed by atoms with Gasteiger partial charge < -0.3 is 5.32 Å². The van der Waals surface area contributed by atoms with Gasteiger partial charge in [-0.2, -0.15) is 18.3 Å². The number of aromatic nitrogens is 2. The standard InChI is InChI=1S/C12H7BrClF3N4O3/c1-20-9(8(13)10(19-20)12(15,16)17)11(22)18-7-4-5(21(23)24)2-3-6(7)14/h2-4H,1H3,(H,18,22). The van der Waals surface area contributed by atoms with Gasteiger partial charge in [-0.15, -0.1) is 0 Å². The van der Waals surface area contributed by atoms with Crippen molar-refractivity contribution in [2.75, 3.05) is 5.32 Å². The van der Waals surface area contributed by atoms with Crippen LogP contribution >= 0.6 is 27.5 Å². The van der Waals surface area contributed by atoms with Crippen molar-refractivity contribution in [2.24, 2.45) is 7.05 Å². The second kappa shape index (κ2) is 6.40. The SMILES string of the molecule is Cn1nc(C(F)(F)F)c(Br)c1C(=O)Nc1cc([N+](=O)[O-])ccc1Cl. The number of hydrogen-bond donors (Lipinski definition) is 1. The summed E-state index contributed by atoms with van der Waals surface area (Å²) in [6.45, 7) is 0. The van der Waals surface area contributed by atoms with E-state index in [4.69, 9.17) is 11.6 Å². The van der Waals surface area contributed by atoms with Crippen LogP contribution in [0.3, 0.4) is 0 Å². The van der Waals surface area contributed by atoms with E-state index in [1.165, 1.54) is 6.07 Å². The van der Waals surface area contributed by atoms with Crippen LogP contribution in [0, 0.1) is 10.1 Å². The Labute approximate surface area is 145 Å². The molecule has 12 heteroatoms. The van der Waals surface area contributed by atoms with Crippen LogP contribution in [0.4, 0.5) is 24.5 Å². The Morgan fingerprint density at radius 2 is 2.08 bits per heavy atom. The van der Waals surface area contributed by atoms with Crippen molar-refractivity contribution in [3.05, 3.63) is 49.2 Å². The summed E-state index contributed by atoms with van der Waals surface area (Å²) in [6.07, 6.45) is -4.75. The molecule has 2 rings (SSSR count). The van der Waals surface area contributed by atoms with Gasteiger partial charge in [-0.05, 0) is 22.0 Å². The van der Waals surface area contributed by atoms with E-state index in [2.05, 4.69) is 26.3 Å². The Balaban J connectivity index is 2.40. The third-order valence-corrected chi connectivity index (χ3v) is 3.96. The number of rotatable bonds is 3. The normalized spacial score (nSPS) is 11.4. The zero-order valence-electron chi connectivity index (χ0n) is 11.7. The molecule has 0 radical (unpaired) electrons. The number of nitro groups is 1. The number of benzene rings is 1. The molecule has 1 amide bonds. The number of carbonyl (C=O) groups excluding carboxylic acids is 1. The fraction of sp³-hybridized carbons (Fsp3) is 0.167. The number of halogens is 5. The van der Waals surface area contributed by atoms with Crippen LogP contribution < -0.4 is 5.32 Å². The van der Waals surface area contributed by atoms with Crippen LogP contribution in [0.25, 0.3) is 0 Å². The average molecular weight is 428 g/mol. The first-order valence-corrected chi connectivity index (χ1v) is 7.24. The molecule has 1 aromatic heterocycles. The highest BCUT2D eigenvalue weighted by molar-refractivity contribution is 9.10. The number of amides is 1. The van der Waals surface area contributed by atoms with Gasteiger partial charge in [0.25, 0.3) is 11.6 Å². The number of carbonyl (C=O) groups is 1. The maximum absolute atomic E-state index is 12.8. The molecular formula is C12H7BrClF3N4O3. The molecule has 0 saturated carbocycles. The molecule has 0 saturated heterocycles. The van der Waals surface area contributed by atoms with Crippen molar-refractivity contribution >= 4 is 44.8 Å². The Morgan fingerprint density at radius 3 is 2.58 bits per heavy atom. The van der Waals surface area contributed by atoms with Crippen molar-refractivity contribution in [2.45, 2.75) is 6.18 Å². The molecule has 0 bridgehead atoms. The highest BCUT2D eigenvalue weighted by Gasteiger charge is 2.39. The number of nitrogens with one attached hydrogen (secondary N) is 1. The number of non-ortho nitro benzene ring substituents is 1. The first-order chi connectivity index (χ1) is 11.0. The van der Waals surface area contributed by atoms with Crippen LogP contribution in [-0.4, -0.2) is 20.6 Å². The molecular weight excluding hydrogens is 421 g/mol. The summed E-state index contributed by atoms with van der Waals surface area (Å²) < 4.78 is 38.6. The van der Waals surface area contributed by atoms with Crippen LogP contribution in [-0.2, 0) is 13.2 Å². The lowest BCUT2D eigenvalue weighted by atomic mass is 10.2. The molecule has 0 aliphatic carbocycles. The summed E-state index contributed by atoms with van der Waals surface area (Å²) in [5.74, 6) is -0.963. The fourth-order valence-electron chi connectivity index (χ4n) is 1.83. The third kappa shape index (κ3) is 3.51. The van der Waals surface area contributed by atoms with Gasteiger partial charge in [0, 0.05) is 19.2 Å². The maximum Gasteiger partial charge on any atom is 0.436 e. The quantitative estimate of drug-likeness (QED) is 0.592. The summed E-state index contributed by atoms with van der Waals surface area (Å²) >= 11 is 8.54. The van der Waals surface area contributed by atoms with Gasteiger partial charge in [0.2, 0.25) is 0 Å². The number of aryl methyl sites for hydroxylation is 1. The van der Waals surface area contributed by atoms with Crippen molar-refractivity contribution in [3.8, 4) is 0 Å². The molecule has 7 nitrogen and oxygen atoms in total. The lowest BCUT2D eigenvalue weighted by Gasteiger charge is -2.08. The topological polar surface area (TPSA) is 90.1 Å². The Hall–Kier alpha value is -2.14. The van der Waals surface area contributed by atoms with E-state index in [9.17, 15) is 28.1 Å². The molecule has 0 fully saturated rings. The highest BCUT2D eigenvalue weighted by Crippen LogP contribution is 2.36. The Kier molecular flexibility index (Phi) is 4.85. The first kappa shape index (κ1) is 18.2. The minimum absolute atomic E-state index is 0.0108. The number of hydrogen-bond acceptors (Lipinski definition) is 4. The molecule has 0 aliphatic heterocycles. The first-order valence-electron chi connectivity index (χ1n) is 6.07. The van der Waals surface area contributed by atoms with Gasteiger partial charge >= 0.3 is 6.18 Å². The Bertz CT molecular complexity index is 838. The predicted octanol–water partition coefficient (Wildman–Crippen LogP) is 4.02. The van der Waals surface area contributed by atoms with Crippen molar-refractivity contribution in [1.82, 2.24) is 9.78 Å². The number of anilines is 1. The van der Waals surface area contributed by atoms with Gasteiger partial charge in [-0.1, -0.05) is 11.6 Å². The van der Waals surface area contributed by atoms with Gasteiger partial charge in [0.05, 0.1) is 20.1 Å². The predicted molar refractivity (Wildman–Crippen MR) is 82.0 cm³/mol. The van der Waals surface area contributed by atoms with Crippen LogP contribution in [0.5, 0.6) is 0 Å². The maximum atomic E-state index is 12.8. The molecule has 0 spiro atoms. The smallest absolute Gasteiger partial charge is 0.319 e. The van der Waals surface area contributed by atoms with Crippen LogP contribution in [0.1, 0.15) is 16.2 Å². The zero-order chi connectivity index (χ0) is 18.2. The van der Waals surface area contributed by atoms with E-state index < -0.39 is 32.9 Å². The summed E-state index contributed by atoms with van der Waals surface area (Å²) in [4.78, 5) is 22.3. The zero-order valence-corrected chi connectivity index (χ0v) is 14.0. The van der Waals surface area contributed by atoms with E-state index in [0.29, 0.717) is 0 Å². The lowest BCUT2D eigenvalue weighted by Crippen LogP contribution is -2.17. The van der Waals surface area contributed by atoms with Gasteiger partial charge in [0.1, 0.15) is 5.69 Å².